The molecule has 2 aliphatic heterocycles. The maximum absolute atomic E-state index is 10.5. The summed E-state index contributed by atoms with van der Waals surface area (Å²) >= 11 is 1.83. The van der Waals surface area contributed by atoms with Crippen LogP contribution in [0.15, 0.2) is 4.99 Å². The van der Waals surface area contributed by atoms with Gasteiger partial charge in [-0.2, -0.15) is 11.8 Å². The summed E-state index contributed by atoms with van der Waals surface area (Å²) in [5.74, 6) is 3.67. The van der Waals surface area contributed by atoms with E-state index in [0.29, 0.717) is 12.6 Å². The van der Waals surface area contributed by atoms with Crippen molar-refractivity contribution < 1.29 is 5.11 Å². The predicted octanol–water partition coefficient (Wildman–Crippen LogP) is 1.67. The highest BCUT2D eigenvalue weighted by atomic mass is 32.2. The summed E-state index contributed by atoms with van der Waals surface area (Å²) < 4.78 is 0. The van der Waals surface area contributed by atoms with Crippen LogP contribution in [0.25, 0.3) is 0 Å². The first-order valence-electron chi connectivity index (χ1n) is 9.74. The Morgan fingerprint density at radius 1 is 1.33 bits per heavy atom. The van der Waals surface area contributed by atoms with Gasteiger partial charge in [-0.3, -0.25) is 4.99 Å². The molecule has 2 unspecified atom stereocenters. The molecular formula is C18H34N4OS. The van der Waals surface area contributed by atoms with Crippen molar-refractivity contribution in [1.82, 2.24) is 15.5 Å². The molecule has 3 N–H and O–H groups in total. The van der Waals surface area contributed by atoms with E-state index in [9.17, 15) is 5.11 Å². The normalized spacial score (nSPS) is 32.6. The summed E-state index contributed by atoms with van der Waals surface area (Å²) in [6, 6.07) is 0.483. The zero-order valence-corrected chi connectivity index (χ0v) is 15.9. The fourth-order valence-corrected chi connectivity index (χ4v) is 5.42. The first-order valence-corrected chi connectivity index (χ1v) is 10.9. The molecule has 5 nitrogen and oxygen atoms in total. The molecular weight excluding hydrogens is 320 g/mol. The Hall–Kier alpha value is -0.460. The van der Waals surface area contributed by atoms with E-state index in [2.05, 4.69) is 27.4 Å². The van der Waals surface area contributed by atoms with E-state index in [1.165, 1.54) is 45.2 Å². The lowest BCUT2D eigenvalue weighted by atomic mass is 10.1. The molecule has 0 amide bonds. The molecule has 3 aliphatic rings. The van der Waals surface area contributed by atoms with Crippen molar-refractivity contribution in [3.8, 4) is 0 Å². The van der Waals surface area contributed by atoms with Gasteiger partial charge in [-0.05, 0) is 44.3 Å². The highest BCUT2D eigenvalue weighted by molar-refractivity contribution is 7.99. The molecule has 24 heavy (non-hydrogen) atoms. The summed E-state index contributed by atoms with van der Waals surface area (Å²) in [6.45, 7) is 7.07. The van der Waals surface area contributed by atoms with Crippen LogP contribution in [0.4, 0.5) is 0 Å². The van der Waals surface area contributed by atoms with Crippen LogP contribution < -0.4 is 10.6 Å². The number of aliphatic imine (C=N–C) groups is 1. The topological polar surface area (TPSA) is 59.9 Å². The van der Waals surface area contributed by atoms with E-state index < -0.39 is 5.60 Å². The second kappa shape index (κ2) is 8.77. The number of nitrogens with one attached hydrogen (secondary N) is 2. The van der Waals surface area contributed by atoms with Gasteiger partial charge in [0.1, 0.15) is 0 Å². The van der Waals surface area contributed by atoms with Gasteiger partial charge in [0, 0.05) is 38.0 Å². The number of hydrogen-bond donors (Lipinski definition) is 3. The van der Waals surface area contributed by atoms with Crippen LogP contribution in [-0.2, 0) is 0 Å². The molecule has 6 heteroatoms. The molecule has 3 rings (SSSR count). The molecule has 0 aromatic carbocycles. The smallest absolute Gasteiger partial charge is 0.191 e. The zero-order chi connectivity index (χ0) is 16.8. The standard InChI is InChI=1S/C18H34N4OS/c1-2-19-17(20-13-18(23)8-10-24-14-18)21-16-7-9-22(12-16)11-15-5-3-4-6-15/h15-16,23H,2-14H2,1H3,(H2,19,20,21). The summed E-state index contributed by atoms with van der Waals surface area (Å²) in [5, 5.41) is 17.4. The molecule has 138 valence electrons. The van der Waals surface area contributed by atoms with Gasteiger partial charge in [0.15, 0.2) is 5.96 Å². The maximum atomic E-state index is 10.5. The van der Waals surface area contributed by atoms with Crippen LogP contribution in [0.2, 0.25) is 0 Å². The fraction of sp³-hybridized carbons (Fsp3) is 0.944. The van der Waals surface area contributed by atoms with Gasteiger partial charge in [-0.1, -0.05) is 12.8 Å². The predicted molar refractivity (Wildman–Crippen MR) is 103 cm³/mol. The van der Waals surface area contributed by atoms with Gasteiger partial charge >= 0.3 is 0 Å². The van der Waals surface area contributed by atoms with Gasteiger partial charge in [0.25, 0.3) is 0 Å². The first-order chi connectivity index (χ1) is 11.7. The largest absolute Gasteiger partial charge is 0.387 e. The van der Waals surface area contributed by atoms with Crippen LogP contribution in [-0.4, -0.2) is 71.8 Å². The molecule has 0 aromatic heterocycles. The fourth-order valence-electron chi connectivity index (χ4n) is 4.14. The second-order valence-electron chi connectivity index (χ2n) is 7.76. The van der Waals surface area contributed by atoms with E-state index in [4.69, 9.17) is 0 Å². The number of rotatable bonds is 6. The summed E-state index contributed by atoms with van der Waals surface area (Å²) in [6.07, 6.45) is 7.76. The molecule has 3 fully saturated rings. The van der Waals surface area contributed by atoms with Gasteiger partial charge < -0.3 is 20.6 Å². The average molecular weight is 355 g/mol. The SMILES string of the molecule is CCNC(=NCC1(O)CCSC1)NC1CCN(CC2CCCC2)C1. The Labute approximate surface area is 151 Å². The summed E-state index contributed by atoms with van der Waals surface area (Å²) in [5.41, 5.74) is -0.600. The lowest BCUT2D eigenvalue weighted by Crippen LogP contribution is -2.46. The quantitative estimate of drug-likeness (QED) is 0.500. The van der Waals surface area contributed by atoms with Crippen molar-refractivity contribution in [3.63, 3.8) is 0 Å². The number of guanidine groups is 1. The maximum Gasteiger partial charge on any atom is 0.191 e. The molecule has 0 aromatic rings. The molecule has 0 radical (unpaired) electrons. The minimum atomic E-state index is -0.600. The Kier molecular flexibility index (Phi) is 6.70. The van der Waals surface area contributed by atoms with E-state index in [1.54, 1.807) is 0 Å². The van der Waals surface area contributed by atoms with Crippen molar-refractivity contribution in [2.24, 2.45) is 10.9 Å². The first kappa shape index (κ1) is 18.3. The number of hydrogen-bond acceptors (Lipinski definition) is 4. The molecule has 2 saturated heterocycles. The lowest BCUT2D eigenvalue weighted by Gasteiger charge is -2.22. The summed E-state index contributed by atoms with van der Waals surface area (Å²) in [7, 11) is 0. The molecule has 1 aliphatic carbocycles. The Morgan fingerprint density at radius 3 is 2.88 bits per heavy atom. The van der Waals surface area contributed by atoms with Crippen LogP contribution in [0.3, 0.4) is 0 Å². The van der Waals surface area contributed by atoms with Crippen molar-refractivity contribution in [2.75, 3.05) is 44.2 Å². The van der Waals surface area contributed by atoms with E-state index in [1.807, 2.05) is 11.8 Å². The number of aliphatic hydroxyl groups is 1. The monoisotopic (exact) mass is 354 g/mol. The zero-order valence-electron chi connectivity index (χ0n) is 15.1. The summed E-state index contributed by atoms with van der Waals surface area (Å²) in [4.78, 5) is 7.29. The van der Waals surface area contributed by atoms with Crippen molar-refractivity contribution in [3.05, 3.63) is 0 Å². The molecule has 2 atom stereocenters. The Morgan fingerprint density at radius 2 is 2.17 bits per heavy atom. The highest BCUT2D eigenvalue weighted by Gasteiger charge is 2.32. The molecule has 0 bridgehead atoms. The van der Waals surface area contributed by atoms with E-state index in [-0.39, 0.29) is 0 Å². The van der Waals surface area contributed by atoms with Gasteiger partial charge in [-0.15, -0.1) is 0 Å². The minimum Gasteiger partial charge on any atom is -0.387 e. The molecule has 0 spiro atoms. The van der Waals surface area contributed by atoms with Crippen LogP contribution in [0.1, 0.15) is 45.4 Å². The second-order valence-corrected chi connectivity index (χ2v) is 8.87. The van der Waals surface area contributed by atoms with Crippen molar-refractivity contribution in [2.45, 2.75) is 57.1 Å². The third-order valence-corrected chi connectivity index (χ3v) is 6.80. The van der Waals surface area contributed by atoms with Gasteiger partial charge in [0.05, 0.1) is 12.1 Å². The number of thioether (sulfide) groups is 1. The Bertz CT molecular complexity index is 419. The minimum absolute atomic E-state index is 0.483. The van der Waals surface area contributed by atoms with Gasteiger partial charge in [-0.25, -0.2) is 0 Å². The third-order valence-electron chi connectivity index (χ3n) is 5.56. The van der Waals surface area contributed by atoms with Crippen LogP contribution in [0, 0.1) is 5.92 Å². The average Bonchev–Trinajstić information content (AvgIpc) is 3.30. The molecule has 2 heterocycles. The van der Waals surface area contributed by atoms with E-state index >= 15 is 0 Å². The highest BCUT2D eigenvalue weighted by Crippen LogP contribution is 2.28. The lowest BCUT2D eigenvalue weighted by molar-refractivity contribution is 0.0778. The van der Waals surface area contributed by atoms with Gasteiger partial charge in [0.2, 0.25) is 0 Å². The number of nitrogens with zero attached hydrogens (tertiary/aromatic N) is 2. The third kappa shape index (κ3) is 5.27. The Balaban J connectivity index is 1.46. The molecule has 1 saturated carbocycles. The van der Waals surface area contributed by atoms with Crippen molar-refractivity contribution >= 4 is 17.7 Å². The van der Waals surface area contributed by atoms with Crippen molar-refractivity contribution in [1.29, 1.82) is 0 Å². The number of likely N-dealkylation sites (tertiary alicyclic amines) is 1. The van der Waals surface area contributed by atoms with E-state index in [0.717, 1.165) is 42.9 Å². The van der Waals surface area contributed by atoms with Crippen LogP contribution >= 0.6 is 11.8 Å². The van der Waals surface area contributed by atoms with Crippen LogP contribution in [0.5, 0.6) is 0 Å².